The van der Waals surface area contributed by atoms with Gasteiger partial charge >= 0.3 is 5.97 Å². The SMILES string of the molecule is COC(=O)CC#Cc1ccc(N)c(F)c1F. The van der Waals surface area contributed by atoms with Crippen LogP contribution in [-0.2, 0) is 9.53 Å². The highest BCUT2D eigenvalue weighted by molar-refractivity contribution is 5.72. The summed E-state index contributed by atoms with van der Waals surface area (Å²) in [6.07, 6.45) is -0.179. The number of anilines is 1. The maximum atomic E-state index is 13.2. The van der Waals surface area contributed by atoms with E-state index in [9.17, 15) is 13.6 Å². The van der Waals surface area contributed by atoms with E-state index in [2.05, 4.69) is 16.6 Å². The molecule has 1 rings (SSSR count). The molecule has 1 aromatic carbocycles. The van der Waals surface area contributed by atoms with E-state index in [0.29, 0.717) is 0 Å². The predicted octanol–water partition coefficient (Wildman–Crippen LogP) is 1.46. The molecular formula is C11H9F2NO2. The topological polar surface area (TPSA) is 52.3 Å². The number of methoxy groups -OCH3 is 1. The first-order valence-electron chi connectivity index (χ1n) is 4.35. The molecular weight excluding hydrogens is 216 g/mol. The van der Waals surface area contributed by atoms with Crippen molar-refractivity contribution in [3.63, 3.8) is 0 Å². The second-order valence-corrected chi connectivity index (χ2v) is 2.89. The van der Waals surface area contributed by atoms with E-state index >= 15 is 0 Å². The summed E-state index contributed by atoms with van der Waals surface area (Å²) in [5.74, 6) is 1.91. The molecule has 0 fully saturated rings. The van der Waals surface area contributed by atoms with Crippen LogP contribution in [0, 0.1) is 23.5 Å². The molecule has 0 bridgehead atoms. The van der Waals surface area contributed by atoms with E-state index in [1.807, 2.05) is 0 Å². The Morgan fingerprint density at radius 1 is 1.44 bits per heavy atom. The molecule has 0 unspecified atom stereocenters. The maximum Gasteiger partial charge on any atom is 0.317 e. The molecule has 3 nitrogen and oxygen atoms in total. The van der Waals surface area contributed by atoms with Gasteiger partial charge in [-0.05, 0) is 12.1 Å². The van der Waals surface area contributed by atoms with Crippen LogP contribution in [0.25, 0.3) is 0 Å². The number of rotatable bonds is 1. The Balaban J connectivity index is 2.90. The zero-order valence-corrected chi connectivity index (χ0v) is 8.51. The number of carbonyl (C=O) groups excluding carboxylic acids is 1. The lowest BCUT2D eigenvalue weighted by atomic mass is 10.2. The lowest BCUT2D eigenvalue weighted by Crippen LogP contribution is -1.98. The summed E-state index contributed by atoms with van der Waals surface area (Å²) in [4.78, 5) is 10.7. The van der Waals surface area contributed by atoms with Gasteiger partial charge in [0.15, 0.2) is 11.6 Å². The van der Waals surface area contributed by atoms with Crippen LogP contribution in [0.1, 0.15) is 12.0 Å². The largest absolute Gasteiger partial charge is 0.468 e. The maximum absolute atomic E-state index is 13.2. The van der Waals surface area contributed by atoms with Crippen molar-refractivity contribution in [1.29, 1.82) is 0 Å². The Bertz CT molecular complexity index is 475. The molecule has 1 aromatic rings. The van der Waals surface area contributed by atoms with Crippen LogP contribution in [0.3, 0.4) is 0 Å². The highest BCUT2D eigenvalue weighted by Gasteiger charge is 2.09. The quantitative estimate of drug-likeness (QED) is 0.447. The summed E-state index contributed by atoms with van der Waals surface area (Å²) in [5.41, 5.74) is 4.73. The minimum absolute atomic E-state index is 0.143. The van der Waals surface area contributed by atoms with Crippen molar-refractivity contribution in [2.24, 2.45) is 0 Å². The van der Waals surface area contributed by atoms with Gasteiger partial charge in [-0.25, -0.2) is 8.78 Å². The third-order valence-electron chi connectivity index (χ3n) is 1.80. The van der Waals surface area contributed by atoms with E-state index < -0.39 is 17.6 Å². The first kappa shape index (κ1) is 12.0. The Morgan fingerprint density at radius 3 is 2.75 bits per heavy atom. The Morgan fingerprint density at radius 2 is 2.12 bits per heavy atom. The van der Waals surface area contributed by atoms with Gasteiger partial charge in [0.1, 0.15) is 6.42 Å². The van der Waals surface area contributed by atoms with E-state index in [-0.39, 0.29) is 17.7 Å². The fourth-order valence-electron chi connectivity index (χ4n) is 0.945. The van der Waals surface area contributed by atoms with Crippen LogP contribution in [0.15, 0.2) is 12.1 Å². The average molecular weight is 225 g/mol. The molecule has 84 valence electrons. The zero-order valence-electron chi connectivity index (χ0n) is 8.51. The standard InChI is InChI=1S/C11H9F2NO2/c1-16-9(15)4-2-3-7-5-6-8(14)11(13)10(7)12/h5-6H,4,14H2,1H3. The molecule has 0 saturated carbocycles. The molecule has 5 heteroatoms. The molecule has 16 heavy (non-hydrogen) atoms. The van der Waals surface area contributed by atoms with Crippen LogP contribution in [0.2, 0.25) is 0 Å². The number of benzene rings is 1. The highest BCUT2D eigenvalue weighted by atomic mass is 19.2. The van der Waals surface area contributed by atoms with Crippen molar-refractivity contribution < 1.29 is 18.3 Å². The summed E-state index contributed by atoms with van der Waals surface area (Å²) in [6, 6.07) is 2.46. The molecule has 0 aromatic heterocycles. The second kappa shape index (κ2) is 5.12. The molecule has 0 aliphatic rings. The van der Waals surface area contributed by atoms with Crippen LogP contribution >= 0.6 is 0 Å². The monoisotopic (exact) mass is 225 g/mol. The van der Waals surface area contributed by atoms with Crippen molar-refractivity contribution in [2.45, 2.75) is 6.42 Å². The first-order chi connectivity index (χ1) is 7.56. The molecule has 2 N–H and O–H groups in total. The van der Waals surface area contributed by atoms with Crippen LogP contribution in [0.5, 0.6) is 0 Å². The third-order valence-corrected chi connectivity index (χ3v) is 1.80. The van der Waals surface area contributed by atoms with Crippen LogP contribution in [-0.4, -0.2) is 13.1 Å². The van der Waals surface area contributed by atoms with Gasteiger partial charge in [-0.2, -0.15) is 0 Å². The molecule has 0 atom stereocenters. The molecule has 0 heterocycles. The molecule has 0 aliphatic carbocycles. The number of carbonyl (C=O) groups is 1. The number of hydrogen-bond acceptors (Lipinski definition) is 3. The van der Waals surface area contributed by atoms with Crippen molar-refractivity contribution in [2.75, 3.05) is 12.8 Å². The Hall–Kier alpha value is -2.09. The van der Waals surface area contributed by atoms with Crippen LogP contribution in [0.4, 0.5) is 14.5 Å². The highest BCUT2D eigenvalue weighted by Crippen LogP contribution is 2.16. The van der Waals surface area contributed by atoms with Crippen molar-refractivity contribution in [3.05, 3.63) is 29.3 Å². The van der Waals surface area contributed by atoms with Gasteiger partial charge < -0.3 is 10.5 Å². The molecule has 0 spiro atoms. The van der Waals surface area contributed by atoms with Gasteiger partial charge in [0.2, 0.25) is 0 Å². The van der Waals surface area contributed by atoms with E-state index in [1.165, 1.54) is 19.2 Å². The number of halogens is 2. The number of ether oxygens (including phenoxy) is 1. The Labute approximate surface area is 91.2 Å². The average Bonchev–Trinajstić information content (AvgIpc) is 2.29. The van der Waals surface area contributed by atoms with E-state index in [1.54, 1.807) is 0 Å². The van der Waals surface area contributed by atoms with Crippen molar-refractivity contribution in [3.8, 4) is 11.8 Å². The molecule has 0 saturated heterocycles. The fourth-order valence-corrected chi connectivity index (χ4v) is 0.945. The minimum atomic E-state index is -1.13. The van der Waals surface area contributed by atoms with Gasteiger partial charge in [0.05, 0.1) is 18.4 Å². The summed E-state index contributed by atoms with van der Waals surface area (Å²) >= 11 is 0. The molecule has 0 aliphatic heterocycles. The number of hydrogen-bond donors (Lipinski definition) is 1. The van der Waals surface area contributed by atoms with E-state index in [4.69, 9.17) is 5.73 Å². The van der Waals surface area contributed by atoms with Crippen molar-refractivity contribution in [1.82, 2.24) is 0 Å². The second-order valence-electron chi connectivity index (χ2n) is 2.89. The normalized spacial score (nSPS) is 9.19. The number of nitrogen functional groups attached to an aromatic ring is 1. The smallest absolute Gasteiger partial charge is 0.317 e. The molecule has 0 amide bonds. The van der Waals surface area contributed by atoms with Crippen molar-refractivity contribution >= 4 is 11.7 Å². The minimum Gasteiger partial charge on any atom is -0.468 e. The summed E-state index contributed by atoms with van der Waals surface area (Å²) in [7, 11) is 1.22. The third kappa shape index (κ3) is 2.70. The first-order valence-corrected chi connectivity index (χ1v) is 4.35. The number of esters is 1. The predicted molar refractivity (Wildman–Crippen MR) is 54.3 cm³/mol. The van der Waals surface area contributed by atoms with Gasteiger partial charge in [-0.3, -0.25) is 4.79 Å². The van der Waals surface area contributed by atoms with Gasteiger partial charge in [0, 0.05) is 0 Å². The summed E-state index contributed by atoms with van der Waals surface area (Å²) in [5, 5.41) is 0. The van der Waals surface area contributed by atoms with Gasteiger partial charge in [-0.15, -0.1) is 0 Å². The van der Waals surface area contributed by atoms with Gasteiger partial charge in [0.25, 0.3) is 0 Å². The lowest BCUT2D eigenvalue weighted by molar-refractivity contribution is -0.139. The summed E-state index contributed by atoms with van der Waals surface area (Å²) in [6.45, 7) is 0. The Kier molecular flexibility index (Phi) is 3.84. The van der Waals surface area contributed by atoms with E-state index in [0.717, 1.165) is 0 Å². The number of nitrogens with two attached hydrogens (primary N) is 1. The fraction of sp³-hybridized carbons (Fsp3) is 0.182. The van der Waals surface area contributed by atoms with Gasteiger partial charge in [-0.1, -0.05) is 11.8 Å². The van der Waals surface area contributed by atoms with Crippen LogP contribution < -0.4 is 5.73 Å². The lowest BCUT2D eigenvalue weighted by Gasteiger charge is -1.99. The summed E-state index contributed by atoms with van der Waals surface area (Å²) < 4.78 is 30.5. The zero-order chi connectivity index (χ0) is 12.1. The molecule has 0 radical (unpaired) electrons.